The molecule has 1 aromatic carbocycles. The van der Waals surface area contributed by atoms with Crippen molar-refractivity contribution in [2.24, 2.45) is 0 Å². The Labute approximate surface area is 218 Å². The summed E-state index contributed by atoms with van der Waals surface area (Å²) in [5.74, 6) is 0.0662. The number of amides is 2. The predicted octanol–water partition coefficient (Wildman–Crippen LogP) is 4.40. The molecule has 1 unspecified atom stereocenters. The summed E-state index contributed by atoms with van der Waals surface area (Å²) >= 11 is 3.18. The number of hydrogen-bond acceptors (Lipinski definition) is 6. The highest BCUT2D eigenvalue weighted by Gasteiger charge is 2.40. The molecule has 1 atom stereocenters. The van der Waals surface area contributed by atoms with Gasteiger partial charge in [-0.2, -0.15) is 5.10 Å². The van der Waals surface area contributed by atoms with Crippen LogP contribution < -0.4 is 4.90 Å². The number of halogens is 1. The second-order valence-electron chi connectivity index (χ2n) is 9.91. The topological polar surface area (TPSA) is 67.7 Å². The number of morpholine rings is 1. The van der Waals surface area contributed by atoms with E-state index in [1.165, 1.54) is 12.1 Å². The van der Waals surface area contributed by atoms with Crippen LogP contribution in [0.2, 0.25) is 0 Å². The minimum absolute atomic E-state index is 0.103. The molecule has 0 radical (unpaired) electrons. The van der Waals surface area contributed by atoms with Gasteiger partial charge >= 0.3 is 0 Å². The SMILES string of the molecule is CC(C)(C)c1nn(-c2cccc(F)c2)c2c1C(c1cccs1)SCC(=O)N2CC(=O)N1CCOCC1. The second-order valence-corrected chi connectivity index (χ2v) is 12.0. The first-order chi connectivity index (χ1) is 17.2. The number of carbonyl (C=O) groups is 2. The van der Waals surface area contributed by atoms with Gasteiger partial charge in [-0.3, -0.25) is 14.5 Å². The fraction of sp³-hybridized carbons (Fsp3) is 0.423. The summed E-state index contributed by atoms with van der Waals surface area (Å²) in [5, 5.41) is 6.87. The molecular weight excluding hydrogens is 499 g/mol. The van der Waals surface area contributed by atoms with E-state index in [0.29, 0.717) is 37.8 Å². The maximum atomic E-state index is 14.3. The zero-order valence-corrected chi connectivity index (χ0v) is 22.2. The van der Waals surface area contributed by atoms with Crippen LogP contribution in [-0.2, 0) is 19.7 Å². The summed E-state index contributed by atoms with van der Waals surface area (Å²) in [6.45, 7) is 8.10. The summed E-state index contributed by atoms with van der Waals surface area (Å²) in [4.78, 5) is 31.4. The van der Waals surface area contributed by atoms with Crippen molar-refractivity contribution in [1.82, 2.24) is 14.7 Å². The lowest BCUT2D eigenvalue weighted by molar-refractivity contribution is -0.134. The number of benzene rings is 1. The molecule has 0 N–H and O–H groups in total. The van der Waals surface area contributed by atoms with E-state index in [9.17, 15) is 14.0 Å². The van der Waals surface area contributed by atoms with Gasteiger partial charge in [0.05, 0.1) is 35.6 Å². The number of hydrogen-bond donors (Lipinski definition) is 0. The highest BCUT2D eigenvalue weighted by atomic mass is 32.2. The van der Waals surface area contributed by atoms with Crippen molar-refractivity contribution >= 4 is 40.7 Å². The Bertz CT molecular complexity index is 1260. The Kier molecular flexibility index (Phi) is 6.93. The van der Waals surface area contributed by atoms with Crippen molar-refractivity contribution in [2.45, 2.75) is 31.4 Å². The zero-order chi connectivity index (χ0) is 25.4. The molecule has 2 amide bonds. The van der Waals surface area contributed by atoms with Crippen LogP contribution in [0.1, 0.15) is 42.2 Å². The van der Waals surface area contributed by atoms with Crippen LogP contribution in [0.4, 0.5) is 10.2 Å². The van der Waals surface area contributed by atoms with Crippen LogP contribution in [0.15, 0.2) is 41.8 Å². The number of nitrogens with zero attached hydrogens (tertiary/aromatic N) is 4. The Hall–Kier alpha value is -2.69. The van der Waals surface area contributed by atoms with Crippen molar-refractivity contribution in [3.05, 3.63) is 63.7 Å². The molecule has 1 saturated heterocycles. The number of thioether (sulfide) groups is 1. The molecule has 1 fully saturated rings. The quantitative estimate of drug-likeness (QED) is 0.502. The van der Waals surface area contributed by atoms with E-state index in [1.807, 2.05) is 11.4 Å². The third kappa shape index (κ3) is 4.81. The van der Waals surface area contributed by atoms with Crippen molar-refractivity contribution in [3.8, 4) is 5.69 Å². The predicted molar refractivity (Wildman–Crippen MR) is 141 cm³/mol. The van der Waals surface area contributed by atoms with Crippen LogP contribution in [0.3, 0.4) is 0 Å². The van der Waals surface area contributed by atoms with Gasteiger partial charge in [-0.1, -0.05) is 32.9 Å². The number of ether oxygens (including phenoxy) is 1. The van der Waals surface area contributed by atoms with E-state index in [4.69, 9.17) is 9.84 Å². The monoisotopic (exact) mass is 528 g/mol. The van der Waals surface area contributed by atoms with Crippen LogP contribution in [-0.4, -0.2) is 65.1 Å². The summed E-state index contributed by atoms with van der Waals surface area (Å²) < 4.78 is 21.4. The number of aromatic nitrogens is 2. The second kappa shape index (κ2) is 9.99. The summed E-state index contributed by atoms with van der Waals surface area (Å²) in [6.07, 6.45) is 0. The van der Waals surface area contributed by atoms with Crippen LogP contribution in [0.25, 0.3) is 5.69 Å². The maximum absolute atomic E-state index is 14.3. The summed E-state index contributed by atoms with van der Waals surface area (Å²) in [6, 6.07) is 10.3. The molecule has 4 heterocycles. The Morgan fingerprint density at radius 2 is 1.97 bits per heavy atom. The van der Waals surface area contributed by atoms with Crippen molar-refractivity contribution < 1.29 is 18.7 Å². The lowest BCUT2D eigenvalue weighted by Gasteiger charge is -2.30. The van der Waals surface area contributed by atoms with Gasteiger partial charge in [0, 0.05) is 28.9 Å². The number of carbonyl (C=O) groups excluding carboxylic acids is 2. The normalized spacial score (nSPS) is 18.8. The molecular formula is C26H29FN4O3S2. The summed E-state index contributed by atoms with van der Waals surface area (Å²) in [5.41, 5.74) is 1.88. The van der Waals surface area contributed by atoms with Gasteiger partial charge in [-0.15, -0.1) is 23.1 Å². The molecule has 10 heteroatoms. The fourth-order valence-electron chi connectivity index (χ4n) is 4.57. The van der Waals surface area contributed by atoms with E-state index in [1.54, 1.807) is 49.7 Å². The number of anilines is 1. The Balaban J connectivity index is 1.71. The van der Waals surface area contributed by atoms with E-state index in [2.05, 4.69) is 26.8 Å². The van der Waals surface area contributed by atoms with Crippen molar-refractivity contribution in [1.29, 1.82) is 0 Å². The average Bonchev–Trinajstić information content (AvgIpc) is 3.49. The number of fused-ring (bicyclic) bond motifs is 1. The molecule has 0 saturated carbocycles. The molecule has 3 aromatic rings. The van der Waals surface area contributed by atoms with Crippen molar-refractivity contribution in [3.63, 3.8) is 0 Å². The maximum Gasteiger partial charge on any atom is 0.242 e. The van der Waals surface area contributed by atoms with E-state index in [0.717, 1.165) is 16.1 Å². The molecule has 7 nitrogen and oxygen atoms in total. The van der Waals surface area contributed by atoms with Gasteiger partial charge < -0.3 is 9.64 Å². The lowest BCUT2D eigenvalue weighted by Crippen LogP contribution is -2.48. The zero-order valence-electron chi connectivity index (χ0n) is 20.6. The molecule has 2 aliphatic heterocycles. The molecule has 0 bridgehead atoms. The highest BCUT2D eigenvalue weighted by molar-refractivity contribution is 8.00. The van der Waals surface area contributed by atoms with Crippen LogP contribution in [0.5, 0.6) is 0 Å². The van der Waals surface area contributed by atoms with E-state index >= 15 is 0 Å². The molecule has 190 valence electrons. The van der Waals surface area contributed by atoms with Gasteiger partial charge in [0.2, 0.25) is 11.8 Å². The van der Waals surface area contributed by atoms with Crippen LogP contribution >= 0.6 is 23.1 Å². The van der Waals surface area contributed by atoms with Gasteiger partial charge in [-0.25, -0.2) is 9.07 Å². The minimum atomic E-state index is -0.394. The van der Waals surface area contributed by atoms with E-state index in [-0.39, 0.29) is 34.8 Å². The smallest absolute Gasteiger partial charge is 0.242 e. The van der Waals surface area contributed by atoms with Gasteiger partial charge in [0.15, 0.2) is 0 Å². The molecule has 2 aromatic heterocycles. The molecule has 0 aliphatic carbocycles. The molecule has 5 rings (SSSR count). The Morgan fingerprint density at radius 3 is 2.64 bits per heavy atom. The van der Waals surface area contributed by atoms with Gasteiger partial charge in [0.1, 0.15) is 18.2 Å². The molecule has 36 heavy (non-hydrogen) atoms. The molecule has 0 spiro atoms. The first-order valence-corrected chi connectivity index (χ1v) is 13.9. The summed E-state index contributed by atoms with van der Waals surface area (Å²) in [7, 11) is 0. The van der Waals surface area contributed by atoms with Gasteiger partial charge in [0.25, 0.3) is 0 Å². The first-order valence-electron chi connectivity index (χ1n) is 11.9. The lowest BCUT2D eigenvalue weighted by atomic mass is 9.88. The minimum Gasteiger partial charge on any atom is -0.378 e. The van der Waals surface area contributed by atoms with Crippen LogP contribution in [0, 0.1) is 5.82 Å². The highest BCUT2D eigenvalue weighted by Crippen LogP contribution is 2.49. The number of thiophene rings is 1. The van der Waals surface area contributed by atoms with Gasteiger partial charge in [-0.05, 0) is 29.6 Å². The standard InChI is InChI=1S/C26H29FN4O3S2/c1-26(2,3)24-22-23(19-8-5-13-35-19)36-16-21(33)30(15-20(32)29-9-11-34-12-10-29)25(22)31(28-24)18-7-4-6-17(27)14-18/h4-8,13-14,23H,9-12,15-16H2,1-3H3. The third-order valence-electron chi connectivity index (χ3n) is 6.31. The molecule has 2 aliphatic rings. The average molecular weight is 529 g/mol. The Morgan fingerprint density at radius 1 is 1.19 bits per heavy atom. The number of rotatable bonds is 4. The third-order valence-corrected chi connectivity index (χ3v) is 8.63. The first kappa shape index (κ1) is 25.0. The largest absolute Gasteiger partial charge is 0.378 e. The van der Waals surface area contributed by atoms with E-state index < -0.39 is 5.82 Å². The fourth-order valence-corrected chi connectivity index (χ4v) is 6.75. The van der Waals surface area contributed by atoms with Crippen molar-refractivity contribution in [2.75, 3.05) is 43.5 Å².